The first kappa shape index (κ1) is 17.7. The molecule has 0 spiro atoms. The van der Waals surface area contributed by atoms with Gasteiger partial charge in [-0.15, -0.1) is 0 Å². The maximum Gasteiger partial charge on any atom is 0.316 e. The van der Waals surface area contributed by atoms with Crippen LogP contribution in [-0.2, 0) is 20.8 Å². The van der Waals surface area contributed by atoms with Crippen LogP contribution in [0, 0.1) is 5.92 Å². The van der Waals surface area contributed by atoms with E-state index in [1.54, 1.807) is 23.1 Å². The quantitative estimate of drug-likeness (QED) is 0.600. The highest BCUT2D eigenvalue weighted by Crippen LogP contribution is 2.30. The molecule has 27 heavy (non-hydrogen) atoms. The minimum atomic E-state index is -0.503. The molecular weight excluding hydrogens is 412 g/mol. The molecule has 0 bridgehead atoms. The van der Waals surface area contributed by atoms with Crippen LogP contribution in [-0.4, -0.2) is 24.3 Å². The van der Waals surface area contributed by atoms with Gasteiger partial charge in [-0.2, -0.15) is 0 Å². The molecule has 2 aliphatic heterocycles. The molecule has 2 aromatic rings. The molecule has 1 fully saturated rings. The van der Waals surface area contributed by atoms with Crippen LogP contribution in [0.15, 0.2) is 46.9 Å². The van der Waals surface area contributed by atoms with Gasteiger partial charge in [0, 0.05) is 35.2 Å². The third-order valence-electron chi connectivity index (χ3n) is 4.79. The Balaban J connectivity index is 1.44. The molecule has 138 valence electrons. The highest BCUT2D eigenvalue weighted by molar-refractivity contribution is 9.10. The summed E-state index contributed by atoms with van der Waals surface area (Å²) >= 11 is 3.37. The van der Waals surface area contributed by atoms with Gasteiger partial charge in [0.25, 0.3) is 0 Å². The first-order valence-corrected chi connectivity index (χ1v) is 9.49. The third kappa shape index (κ3) is 3.73. The molecule has 2 heterocycles. The van der Waals surface area contributed by atoms with Crippen molar-refractivity contribution in [1.29, 1.82) is 0 Å². The summed E-state index contributed by atoms with van der Waals surface area (Å²) < 4.78 is 6.43. The molecule has 1 saturated heterocycles. The van der Waals surface area contributed by atoms with Crippen LogP contribution < -0.4 is 15.0 Å². The number of carbonyl (C=O) groups excluding carboxylic acids is 3. The first-order chi connectivity index (χ1) is 13.0. The van der Waals surface area contributed by atoms with E-state index in [1.165, 1.54) is 0 Å². The van der Waals surface area contributed by atoms with Gasteiger partial charge in [0.2, 0.25) is 11.8 Å². The highest BCUT2D eigenvalue weighted by Gasteiger charge is 2.36. The second kappa shape index (κ2) is 7.15. The lowest BCUT2D eigenvalue weighted by Crippen LogP contribution is -2.27. The minimum Gasteiger partial charge on any atom is -0.426 e. The van der Waals surface area contributed by atoms with Crippen LogP contribution in [0.5, 0.6) is 5.75 Å². The summed E-state index contributed by atoms with van der Waals surface area (Å²) in [6.07, 6.45) is 1.17. The summed E-state index contributed by atoms with van der Waals surface area (Å²) in [4.78, 5) is 37.9. The van der Waals surface area contributed by atoms with Crippen LogP contribution >= 0.6 is 15.9 Å². The number of carbonyl (C=O) groups is 3. The van der Waals surface area contributed by atoms with Crippen molar-refractivity contribution in [2.45, 2.75) is 19.3 Å². The summed E-state index contributed by atoms with van der Waals surface area (Å²) in [5.74, 6) is -0.582. The van der Waals surface area contributed by atoms with Crippen LogP contribution in [0.4, 0.5) is 11.4 Å². The number of nitrogens with zero attached hydrogens (tertiary/aromatic N) is 1. The molecule has 7 heteroatoms. The van der Waals surface area contributed by atoms with E-state index in [2.05, 4.69) is 21.2 Å². The molecule has 0 aliphatic carbocycles. The van der Waals surface area contributed by atoms with Crippen molar-refractivity contribution in [2.75, 3.05) is 16.8 Å². The van der Waals surface area contributed by atoms with Crippen molar-refractivity contribution in [1.82, 2.24) is 0 Å². The van der Waals surface area contributed by atoms with E-state index in [0.29, 0.717) is 25.1 Å². The van der Waals surface area contributed by atoms with E-state index >= 15 is 0 Å². The van der Waals surface area contributed by atoms with Gasteiger partial charge in [-0.05, 0) is 54.4 Å². The minimum absolute atomic E-state index is 0.00949. The van der Waals surface area contributed by atoms with Crippen molar-refractivity contribution in [3.63, 3.8) is 0 Å². The number of benzene rings is 2. The van der Waals surface area contributed by atoms with Gasteiger partial charge >= 0.3 is 5.97 Å². The predicted octanol–water partition coefficient (Wildman–Crippen LogP) is 3.29. The van der Waals surface area contributed by atoms with Crippen molar-refractivity contribution in [3.05, 3.63) is 52.5 Å². The predicted molar refractivity (Wildman–Crippen MR) is 104 cm³/mol. The van der Waals surface area contributed by atoms with Gasteiger partial charge in [0.15, 0.2) is 0 Å². The summed E-state index contributed by atoms with van der Waals surface area (Å²) in [5.41, 5.74) is 2.46. The Hall–Kier alpha value is -2.67. The maximum absolute atomic E-state index is 12.5. The Morgan fingerprint density at radius 1 is 1.11 bits per heavy atom. The number of aryl methyl sites for hydroxylation is 1. The molecule has 0 saturated carbocycles. The van der Waals surface area contributed by atoms with Crippen molar-refractivity contribution in [2.24, 2.45) is 5.92 Å². The lowest BCUT2D eigenvalue weighted by atomic mass is 10.0. The highest BCUT2D eigenvalue weighted by atomic mass is 79.9. The molecule has 2 aromatic carbocycles. The maximum atomic E-state index is 12.5. The molecule has 4 rings (SSSR count). The fourth-order valence-electron chi connectivity index (χ4n) is 3.36. The number of fused-ring (bicyclic) bond motifs is 1. The van der Waals surface area contributed by atoms with Crippen LogP contribution in [0.3, 0.4) is 0 Å². The number of hydrogen-bond acceptors (Lipinski definition) is 4. The van der Waals surface area contributed by atoms with Crippen molar-refractivity contribution >= 4 is 45.1 Å². The van der Waals surface area contributed by atoms with Crippen molar-refractivity contribution < 1.29 is 19.1 Å². The van der Waals surface area contributed by atoms with Gasteiger partial charge in [0.05, 0.1) is 5.92 Å². The smallest absolute Gasteiger partial charge is 0.316 e. The third-order valence-corrected chi connectivity index (χ3v) is 5.32. The van der Waals surface area contributed by atoms with Gasteiger partial charge in [0.1, 0.15) is 5.75 Å². The Bertz CT molecular complexity index is 926. The number of halogens is 1. The van der Waals surface area contributed by atoms with Gasteiger partial charge in [-0.3, -0.25) is 14.4 Å². The molecule has 1 atom stereocenters. The Morgan fingerprint density at radius 3 is 2.67 bits per heavy atom. The number of amides is 2. The van der Waals surface area contributed by atoms with Gasteiger partial charge < -0.3 is 15.0 Å². The number of anilines is 2. The fourth-order valence-corrected chi connectivity index (χ4v) is 3.62. The second-order valence-electron chi connectivity index (χ2n) is 6.67. The van der Waals surface area contributed by atoms with Crippen LogP contribution in [0.1, 0.15) is 18.4 Å². The normalized spacial score (nSPS) is 18.9. The molecule has 2 amide bonds. The molecule has 0 radical (unpaired) electrons. The number of nitrogens with one attached hydrogen (secondary N) is 1. The van der Waals surface area contributed by atoms with Gasteiger partial charge in [-0.25, -0.2) is 0 Å². The number of rotatable bonds is 3. The fraction of sp³-hybridized carbons (Fsp3) is 0.250. The topological polar surface area (TPSA) is 75.7 Å². The molecule has 1 N–H and O–H groups in total. The second-order valence-corrected chi connectivity index (χ2v) is 7.59. The summed E-state index contributed by atoms with van der Waals surface area (Å²) in [5, 5.41) is 2.80. The average molecular weight is 429 g/mol. The monoisotopic (exact) mass is 428 g/mol. The number of hydrogen-bond donors (Lipinski definition) is 1. The summed E-state index contributed by atoms with van der Waals surface area (Å²) in [7, 11) is 0. The average Bonchev–Trinajstić information content (AvgIpc) is 3.04. The molecule has 0 aromatic heterocycles. The van der Waals surface area contributed by atoms with Gasteiger partial charge in [-0.1, -0.05) is 15.9 Å². The largest absolute Gasteiger partial charge is 0.426 e. The zero-order valence-corrected chi connectivity index (χ0v) is 16.0. The SMILES string of the molecule is O=C1CCc2cc(OC(=O)C3CC(=O)N(c4ccc(Br)cc4)C3)ccc2N1. The lowest BCUT2D eigenvalue weighted by molar-refractivity contribution is -0.139. The Labute approximate surface area is 164 Å². The Morgan fingerprint density at radius 2 is 1.89 bits per heavy atom. The zero-order valence-electron chi connectivity index (χ0n) is 14.4. The Kier molecular flexibility index (Phi) is 4.70. The van der Waals surface area contributed by atoms with E-state index in [4.69, 9.17) is 4.74 Å². The van der Waals surface area contributed by atoms with E-state index in [-0.39, 0.29) is 18.2 Å². The molecular formula is C20H17BrN2O4. The van der Waals surface area contributed by atoms with Crippen molar-refractivity contribution in [3.8, 4) is 5.75 Å². The lowest BCUT2D eigenvalue weighted by Gasteiger charge is -2.18. The first-order valence-electron chi connectivity index (χ1n) is 8.70. The number of esters is 1. The number of ether oxygens (including phenoxy) is 1. The molecule has 1 unspecified atom stereocenters. The standard InChI is InChI=1S/C20H17BrN2O4/c21-14-2-4-15(5-3-14)23-11-13(10-19(23)25)20(26)27-16-6-7-17-12(9-16)1-8-18(24)22-17/h2-7,9,13H,1,8,10-11H2,(H,22,24). The zero-order chi connectivity index (χ0) is 19.0. The molecule has 2 aliphatic rings. The van der Waals surface area contributed by atoms with E-state index in [1.807, 2.05) is 24.3 Å². The summed E-state index contributed by atoms with van der Waals surface area (Å²) in [6, 6.07) is 12.6. The van der Waals surface area contributed by atoms with E-state index < -0.39 is 11.9 Å². The van der Waals surface area contributed by atoms with E-state index in [9.17, 15) is 14.4 Å². The van der Waals surface area contributed by atoms with E-state index in [0.717, 1.165) is 21.4 Å². The summed E-state index contributed by atoms with van der Waals surface area (Å²) in [6.45, 7) is 0.306. The molecule has 6 nitrogen and oxygen atoms in total. The van der Waals surface area contributed by atoms with Crippen LogP contribution in [0.2, 0.25) is 0 Å². The van der Waals surface area contributed by atoms with Crippen LogP contribution in [0.25, 0.3) is 0 Å².